The van der Waals surface area contributed by atoms with Crippen molar-refractivity contribution in [3.8, 4) is 0 Å². The minimum Gasteiger partial charge on any atom is -0.457 e. The van der Waals surface area contributed by atoms with Crippen LogP contribution in [0.4, 0.5) is 4.39 Å². The van der Waals surface area contributed by atoms with Crippen LogP contribution in [-0.2, 0) is 24.2 Å². The number of hydrogen-bond acceptors (Lipinski definition) is 3. The third-order valence-corrected chi connectivity index (χ3v) is 4.41. The van der Waals surface area contributed by atoms with Crippen molar-refractivity contribution >= 4 is 16.9 Å². The van der Waals surface area contributed by atoms with Gasteiger partial charge in [-0.2, -0.15) is 0 Å². The highest BCUT2D eigenvalue weighted by Crippen LogP contribution is 2.30. The summed E-state index contributed by atoms with van der Waals surface area (Å²) in [5.74, 6) is -0.640. The third kappa shape index (κ3) is 2.64. The monoisotopic (exact) mass is 321 g/mol. The second-order valence-corrected chi connectivity index (χ2v) is 5.99. The fraction of sp³-hybridized carbons (Fsp3) is 0.200. The molecule has 0 saturated heterocycles. The minimum atomic E-state index is -0.337. The molecule has 4 heteroatoms. The SMILES string of the molecule is O=C(OCc1ccc(F)cc1)c1c2c(nc3ccccc13)CCC2. The zero-order valence-corrected chi connectivity index (χ0v) is 13.1. The van der Waals surface area contributed by atoms with E-state index in [2.05, 4.69) is 4.98 Å². The summed E-state index contributed by atoms with van der Waals surface area (Å²) in [6.07, 6.45) is 2.77. The highest BCUT2D eigenvalue weighted by Gasteiger charge is 2.24. The van der Waals surface area contributed by atoms with Crippen molar-refractivity contribution in [1.29, 1.82) is 0 Å². The summed E-state index contributed by atoms with van der Waals surface area (Å²) in [5.41, 5.74) is 4.24. The van der Waals surface area contributed by atoms with Gasteiger partial charge in [-0.1, -0.05) is 30.3 Å². The molecule has 0 bridgehead atoms. The number of ether oxygens (including phenoxy) is 1. The van der Waals surface area contributed by atoms with E-state index in [9.17, 15) is 9.18 Å². The summed E-state index contributed by atoms with van der Waals surface area (Å²) in [7, 11) is 0. The Kier molecular flexibility index (Phi) is 3.73. The second kappa shape index (κ2) is 6.04. The van der Waals surface area contributed by atoms with Crippen molar-refractivity contribution in [1.82, 2.24) is 4.98 Å². The number of carbonyl (C=O) groups excluding carboxylic acids is 1. The summed E-state index contributed by atoms with van der Waals surface area (Å²) in [6, 6.07) is 13.6. The van der Waals surface area contributed by atoms with Crippen molar-refractivity contribution in [3.63, 3.8) is 0 Å². The van der Waals surface area contributed by atoms with Crippen LogP contribution in [0.5, 0.6) is 0 Å². The lowest BCUT2D eigenvalue weighted by Gasteiger charge is -2.12. The van der Waals surface area contributed by atoms with Gasteiger partial charge in [-0.15, -0.1) is 0 Å². The summed E-state index contributed by atoms with van der Waals surface area (Å²) >= 11 is 0. The molecular weight excluding hydrogens is 305 g/mol. The van der Waals surface area contributed by atoms with E-state index >= 15 is 0 Å². The number of aryl methyl sites for hydroxylation is 1. The molecule has 4 rings (SSSR count). The first-order valence-corrected chi connectivity index (χ1v) is 8.04. The van der Waals surface area contributed by atoms with Gasteiger partial charge in [0, 0.05) is 11.1 Å². The highest BCUT2D eigenvalue weighted by molar-refractivity contribution is 6.05. The number of esters is 1. The fourth-order valence-electron chi connectivity index (χ4n) is 3.25. The maximum absolute atomic E-state index is 13.0. The first-order chi connectivity index (χ1) is 11.7. The quantitative estimate of drug-likeness (QED) is 0.678. The maximum Gasteiger partial charge on any atom is 0.339 e. The molecule has 1 aromatic heterocycles. The highest BCUT2D eigenvalue weighted by atomic mass is 19.1. The van der Waals surface area contributed by atoms with Crippen LogP contribution < -0.4 is 0 Å². The Bertz CT molecular complexity index is 919. The molecule has 3 nitrogen and oxygen atoms in total. The average molecular weight is 321 g/mol. The maximum atomic E-state index is 13.0. The second-order valence-electron chi connectivity index (χ2n) is 5.99. The molecule has 0 saturated carbocycles. The van der Waals surface area contributed by atoms with Crippen LogP contribution in [0.2, 0.25) is 0 Å². The van der Waals surface area contributed by atoms with E-state index in [0.717, 1.165) is 47.0 Å². The van der Waals surface area contributed by atoms with Crippen LogP contribution in [0.25, 0.3) is 10.9 Å². The molecule has 0 unspecified atom stereocenters. The lowest BCUT2D eigenvalue weighted by molar-refractivity contribution is 0.0474. The molecule has 24 heavy (non-hydrogen) atoms. The number of nitrogens with zero attached hydrogens (tertiary/aromatic N) is 1. The molecule has 1 aliphatic carbocycles. The van der Waals surface area contributed by atoms with Gasteiger partial charge in [-0.05, 0) is 48.6 Å². The Morgan fingerprint density at radius 1 is 1.08 bits per heavy atom. The molecule has 0 aliphatic heterocycles. The summed E-state index contributed by atoms with van der Waals surface area (Å²) in [4.78, 5) is 17.4. The minimum absolute atomic E-state index is 0.130. The number of carbonyl (C=O) groups is 1. The van der Waals surface area contributed by atoms with Gasteiger partial charge in [0.2, 0.25) is 0 Å². The van der Waals surface area contributed by atoms with Crippen LogP contribution in [0, 0.1) is 5.82 Å². The normalized spacial score (nSPS) is 13.0. The van der Waals surface area contributed by atoms with Crippen molar-refractivity contribution in [3.05, 3.63) is 76.7 Å². The Labute approximate surface area is 139 Å². The standard InChI is InChI=1S/C20H16FNO2/c21-14-10-8-13(9-11-14)12-24-20(23)19-15-4-1-2-6-17(15)22-18-7-3-5-16(18)19/h1-2,4,6,8-11H,3,5,7,12H2. The van der Waals surface area contributed by atoms with Gasteiger partial charge in [-0.3, -0.25) is 4.98 Å². The summed E-state index contributed by atoms with van der Waals surface area (Å²) < 4.78 is 18.5. The number of halogens is 1. The first-order valence-electron chi connectivity index (χ1n) is 8.04. The number of benzene rings is 2. The number of aromatic nitrogens is 1. The zero-order chi connectivity index (χ0) is 16.5. The van der Waals surface area contributed by atoms with E-state index in [0.29, 0.717) is 5.56 Å². The van der Waals surface area contributed by atoms with Gasteiger partial charge >= 0.3 is 5.97 Å². The molecular formula is C20H16FNO2. The number of hydrogen-bond donors (Lipinski definition) is 0. The van der Waals surface area contributed by atoms with E-state index in [1.807, 2.05) is 24.3 Å². The molecule has 2 aromatic carbocycles. The molecule has 0 fully saturated rings. The molecule has 3 aromatic rings. The van der Waals surface area contributed by atoms with Crippen molar-refractivity contribution in [2.24, 2.45) is 0 Å². The van der Waals surface area contributed by atoms with Crippen molar-refractivity contribution in [2.75, 3.05) is 0 Å². The first kappa shape index (κ1) is 14.8. The molecule has 0 amide bonds. The van der Waals surface area contributed by atoms with Gasteiger partial charge in [0.25, 0.3) is 0 Å². The van der Waals surface area contributed by atoms with Crippen LogP contribution in [-0.4, -0.2) is 11.0 Å². The van der Waals surface area contributed by atoms with Gasteiger partial charge in [0.15, 0.2) is 0 Å². The van der Waals surface area contributed by atoms with Crippen LogP contribution in [0.15, 0.2) is 48.5 Å². The van der Waals surface area contributed by atoms with Crippen molar-refractivity contribution in [2.45, 2.75) is 25.9 Å². The Morgan fingerprint density at radius 2 is 1.88 bits per heavy atom. The van der Waals surface area contributed by atoms with Gasteiger partial charge in [0.05, 0.1) is 11.1 Å². The average Bonchev–Trinajstić information content (AvgIpc) is 3.06. The molecule has 1 heterocycles. The predicted molar refractivity (Wildman–Crippen MR) is 89.3 cm³/mol. The zero-order valence-electron chi connectivity index (χ0n) is 13.1. The molecule has 0 radical (unpaired) electrons. The molecule has 1 aliphatic rings. The predicted octanol–water partition coefficient (Wildman–Crippen LogP) is 4.22. The van der Waals surface area contributed by atoms with Gasteiger partial charge in [0.1, 0.15) is 12.4 Å². The third-order valence-electron chi connectivity index (χ3n) is 4.41. The number of para-hydroxylation sites is 1. The van der Waals surface area contributed by atoms with Gasteiger partial charge in [-0.25, -0.2) is 9.18 Å². The molecule has 120 valence electrons. The van der Waals surface area contributed by atoms with E-state index in [-0.39, 0.29) is 18.4 Å². The summed E-state index contributed by atoms with van der Waals surface area (Å²) in [6.45, 7) is 0.130. The van der Waals surface area contributed by atoms with E-state index < -0.39 is 0 Å². The molecule has 0 atom stereocenters. The van der Waals surface area contributed by atoms with Crippen LogP contribution in [0.3, 0.4) is 0 Å². The fourth-order valence-corrected chi connectivity index (χ4v) is 3.25. The lowest BCUT2D eigenvalue weighted by atomic mass is 10.0. The van der Waals surface area contributed by atoms with E-state index in [4.69, 9.17) is 4.74 Å². The largest absolute Gasteiger partial charge is 0.457 e. The van der Waals surface area contributed by atoms with E-state index in [1.165, 1.54) is 12.1 Å². The van der Waals surface area contributed by atoms with E-state index in [1.54, 1.807) is 12.1 Å². The number of rotatable bonds is 3. The van der Waals surface area contributed by atoms with Gasteiger partial charge < -0.3 is 4.74 Å². The topological polar surface area (TPSA) is 39.2 Å². The smallest absolute Gasteiger partial charge is 0.339 e. The number of pyridine rings is 1. The lowest BCUT2D eigenvalue weighted by Crippen LogP contribution is -2.10. The van der Waals surface area contributed by atoms with Crippen LogP contribution >= 0.6 is 0 Å². The summed E-state index contributed by atoms with van der Waals surface area (Å²) in [5, 5.41) is 0.835. The molecule has 0 N–H and O–H groups in total. The number of fused-ring (bicyclic) bond motifs is 2. The Balaban J connectivity index is 1.67. The molecule has 0 spiro atoms. The Hall–Kier alpha value is -2.75. The van der Waals surface area contributed by atoms with Crippen molar-refractivity contribution < 1.29 is 13.9 Å². The van der Waals surface area contributed by atoms with Crippen LogP contribution in [0.1, 0.15) is 33.6 Å². The Morgan fingerprint density at radius 3 is 2.71 bits per heavy atom.